The van der Waals surface area contributed by atoms with Gasteiger partial charge in [-0.15, -0.1) is 0 Å². The molecule has 96 valence electrons. The molecule has 3 unspecified atom stereocenters. The zero-order valence-corrected chi connectivity index (χ0v) is 11.6. The molecule has 0 aromatic carbocycles. The second-order valence-corrected chi connectivity index (χ2v) is 5.75. The van der Waals surface area contributed by atoms with Gasteiger partial charge < -0.3 is 10.6 Å². The van der Waals surface area contributed by atoms with Crippen LogP contribution in [0.25, 0.3) is 0 Å². The lowest BCUT2D eigenvalue weighted by atomic mass is 9.79. The zero-order valence-electron chi connectivity index (χ0n) is 11.6. The summed E-state index contributed by atoms with van der Waals surface area (Å²) >= 11 is 0. The molecule has 0 aromatic rings. The number of hydrogen-bond acceptors (Lipinski definition) is 2. The monoisotopic (exact) mass is 226 g/mol. The van der Waals surface area contributed by atoms with Gasteiger partial charge in [-0.05, 0) is 51.0 Å². The van der Waals surface area contributed by atoms with E-state index in [1.807, 2.05) is 0 Å². The van der Waals surface area contributed by atoms with Crippen molar-refractivity contribution in [1.82, 2.24) is 4.90 Å². The van der Waals surface area contributed by atoms with Gasteiger partial charge in [0, 0.05) is 18.6 Å². The highest BCUT2D eigenvalue weighted by Gasteiger charge is 2.27. The molecule has 3 atom stereocenters. The Balaban J connectivity index is 2.44. The van der Waals surface area contributed by atoms with Crippen LogP contribution in [0.3, 0.4) is 0 Å². The molecule has 0 saturated heterocycles. The largest absolute Gasteiger partial charge is 0.327 e. The zero-order chi connectivity index (χ0) is 12.1. The van der Waals surface area contributed by atoms with Crippen LogP contribution in [0, 0.1) is 11.8 Å². The summed E-state index contributed by atoms with van der Waals surface area (Å²) < 4.78 is 0. The van der Waals surface area contributed by atoms with E-state index >= 15 is 0 Å². The van der Waals surface area contributed by atoms with E-state index in [9.17, 15) is 0 Å². The molecule has 16 heavy (non-hydrogen) atoms. The predicted octanol–water partition coefficient (Wildman–Crippen LogP) is 2.87. The van der Waals surface area contributed by atoms with Crippen molar-refractivity contribution in [3.05, 3.63) is 0 Å². The maximum absolute atomic E-state index is 6.25. The third-order valence-electron chi connectivity index (χ3n) is 4.39. The summed E-state index contributed by atoms with van der Waals surface area (Å²) in [5.74, 6) is 1.59. The number of rotatable bonds is 5. The average molecular weight is 226 g/mol. The molecule has 1 rings (SSSR count). The van der Waals surface area contributed by atoms with Crippen LogP contribution in [0.2, 0.25) is 0 Å². The maximum atomic E-state index is 6.25. The molecule has 2 nitrogen and oxygen atoms in total. The van der Waals surface area contributed by atoms with Gasteiger partial charge in [-0.3, -0.25) is 0 Å². The molecule has 0 spiro atoms. The minimum absolute atomic E-state index is 0.438. The molecule has 0 heterocycles. The summed E-state index contributed by atoms with van der Waals surface area (Å²) in [7, 11) is 2.27. The lowest BCUT2D eigenvalue weighted by Gasteiger charge is -2.37. The Morgan fingerprint density at radius 2 is 1.88 bits per heavy atom. The summed E-state index contributed by atoms with van der Waals surface area (Å²) in [5, 5.41) is 0. The Morgan fingerprint density at radius 1 is 1.25 bits per heavy atom. The van der Waals surface area contributed by atoms with Gasteiger partial charge in [0.1, 0.15) is 0 Å². The first-order valence-electron chi connectivity index (χ1n) is 7.04. The van der Waals surface area contributed by atoms with Gasteiger partial charge in [-0.25, -0.2) is 0 Å². The third-order valence-corrected chi connectivity index (χ3v) is 4.39. The molecule has 1 saturated carbocycles. The molecular weight excluding hydrogens is 196 g/mol. The lowest BCUT2D eigenvalue weighted by Crippen LogP contribution is -2.44. The lowest BCUT2D eigenvalue weighted by molar-refractivity contribution is 0.144. The fourth-order valence-electron chi connectivity index (χ4n) is 3.16. The van der Waals surface area contributed by atoms with E-state index in [0.29, 0.717) is 12.0 Å². The highest BCUT2D eigenvalue weighted by molar-refractivity contribution is 4.83. The van der Waals surface area contributed by atoms with Gasteiger partial charge in [-0.1, -0.05) is 20.8 Å². The van der Waals surface area contributed by atoms with E-state index in [1.165, 1.54) is 38.6 Å². The highest BCUT2D eigenvalue weighted by atomic mass is 15.1. The van der Waals surface area contributed by atoms with Gasteiger partial charge in [0.05, 0.1) is 0 Å². The first-order chi connectivity index (χ1) is 7.58. The van der Waals surface area contributed by atoms with Gasteiger partial charge in [0.25, 0.3) is 0 Å². The summed E-state index contributed by atoms with van der Waals surface area (Å²) in [4.78, 5) is 2.53. The van der Waals surface area contributed by atoms with Crippen molar-refractivity contribution in [1.29, 1.82) is 0 Å². The van der Waals surface area contributed by atoms with Gasteiger partial charge in [0.2, 0.25) is 0 Å². The van der Waals surface area contributed by atoms with Crippen molar-refractivity contribution in [2.45, 2.75) is 65.0 Å². The normalized spacial score (nSPS) is 31.3. The van der Waals surface area contributed by atoms with Crippen molar-refractivity contribution < 1.29 is 0 Å². The molecule has 0 aromatic heterocycles. The molecule has 2 N–H and O–H groups in total. The van der Waals surface area contributed by atoms with E-state index in [1.54, 1.807) is 0 Å². The Hall–Kier alpha value is -0.0800. The topological polar surface area (TPSA) is 29.3 Å². The third kappa shape index (κ3) is 3.74. The van der Waals surface area contributed by atoms with Crippen molar-refractivity contribution in [2.75, 3.05) is 13.6 Å². The van der Waals surface area contributed by atoms with Crippen molar-refractivity contribution in [3.8, 4) is 0 Å². The van der Waals surface area contributed by atoms with Crippen LogP contribution in [-0.2, 0) is 0 Å². The van der Waals surface area contributed by atoms with Gasteiger partial charge in [0.15, 0.2) is 0 Å². The molecule has 1 aliphatic rings. The Labute approximate surface area is 102 Å². The van der Waals surface area contributed by atoms with Crippen LogP contribution in [0.4, 0.5) is 0 Å². The fourth-order valence-corrected chi connectivity index (χ4v) is 3.16. The highest BCUT2D eigenvalue weighted by Crippen LogP contribution is 2.28. The van der Waals surface area contributed by atoms with Crippen molar-refractivity contribution in [3.63, 3.8) is 0 Å². The van der Waals surface area contributed by atoms with Crippen LogP contribution in [0.5, 0.6) is 0 Å². The standard InChI is InChI=1S/C14H30N2/c1-5-13(6-2)16(4)10-12-9-11(3)7-8-14(12)15/h11-14H,5-10,15H2,1-4H3. The van der Waals surface area contributed by atoms with Crippen LogP contribution in [-0.4, -0.2) is 30.6 Å². The van der Waals surface area contributed by atoms with E-state index < -0.39 is 0 Å². The summed E-state index contributed by atoms with van der Waals surface area (Å²) in [6.07, 6.45) is 6.38. The summed E-state index contributed by atoms with van der Waals surface area (Å²) in [6.45, 7) is 8.13. The van der Waals surface area contributed by atoms with Gasteiger partial charge in [-0.2, -0.15) is 0 Å². The van der Waals surface area contributed by atoms with E-state index in [2.05, 4.69) is 32.7 Å². The van der Waals surface area contributed by atoms with Crippen molar-refractivity contribution in [2.24, 2.45) is 17.6 Å². The number of nitrogens with zero attached hydrogens (tertiary/aromatic N) is 1. The minimum atomic E-state index is 0.438. The first kappa shape index (κ1) is 14.0. The molecular formula is C14H30N2. The quantitative estimate of drug-likeness (QED) is 0.781. The minimum Gasteiger partial charge on any atom is -0.327 e. The molecule has 1 aliphatic carbocycles. The Morgan fingerprint density at radius 3 is 2.44 bits per heavy atom. The van der Waals surface area contributed by atoms with Crippen LogP contribution in [0.1, 0.15) is 52.9 Å². The second-order valence-electron chi connectivity index (χ2n) is 5.75. The number of nitrogens with two attached hydrogens (primary N) is 1. The molecule has 0 amide bonds. The molecule has 0 bridgehead atoms. The molecule has 0 aliphatic heterocycles. The molecule has 1 fully saturated rings. The molecule has 0 radical (unpaired) electrons. The van der Waals surface area contributed by atoms with Crippen LogP contribution < -0.4 is 5.73 Å². The first-order valence-corrected chi connectivity index (χ1v) is 7.04. The Bertz CT molecular complexity index is 189. The number of hydrogen-bond donors (Lipinski definition) is 1. The summed E-state index contributed by atoms with van der Waals surface area (Å²) in [5.41, 5.74) is 6.25. The molecule has 2 heteroatoms. The fraction of sp³-hybridized carbons (Fsp3) is 1.00. The van der Waals surface area contributed by atoms with Gasteiger partial charge >= 0.3 is 0 Å². The van der Waals surface area contributed by atoms with Crippen molar-refractivity contribution >= 4 is 0 Å². The van der Waals surface area contributed by atoms with Crippen LogP contribution >= 0.6 is 0 Å². The Kier molecular flexibility index (Phi) is 5.77. The van der Waals surface area contributed by atoms with E-state index in [0.717, 1.165) is 12.0 Å². The maximum Gasteiger partial charge on any atom is 0.00870 e. The van der Waals surface area contributed by atoms with Crippen LogP contribution in [0.15, 0.2) is 0 Å². The van der Waals surface area contributed by atoms with E-state index in [-0.39, 0.29) is 0 Å². The smallest absolute Gasteiger partial charge is 0.00870 e. The SMILES string of the molecule is CCC(CC)N(C)CC1CC(C)CCC1N. The average Bonchev–Trinajstić information content (AvgIpc) is 2.25. The van der Waals surface area contributed by atoms with E-state index in [4.69, 9.17) is 5.73 Å². The summed E-state index contributed by atoms with van der Waals surface area (Å²) in [6, 6.07) is 1.18. The predicted molar refractivity (Wildman–Crippen MR) is 71.5 cm³/mol. The second kappa shape index (κ2) is 6.61.